The Kier molecular flexibility index (Phi) is 6.32. The highest BCUT2D eigenvalue weighted by Crippen LogP contribution is 2.24. The number of likely N-dealkylation sites (tertiary alicyclic amines) is 1. The van der Waals surface area contributed by atoms with Gasteiger partial charge < -0.3 is 20.1 Å². The summed E-state index contributed by atoms with van der Waals surface area (Å²) in [5, 5.41) is 12.9. The van der Waals surface area contributed by atoms with Gasteiger partial charge in [0.2, 0.25) is 0 Å². The van der Waals surface area contributed by atoms with Crippen LogP contribution in [0.5, 0.6) is 0 Å². The van der Waals surface area contributed by atoms with Crippen molar-refractivity contribution in [2.75, 3.05) is 13.1 Å². The third-order valence-electron chi connectivity index (χ3n) is 5.51. The number of aliphatic hydroxyl groups is 1. The van der Waals surface area contributed by atoms with Crippen LogP contribution in [0.2, 0.25) is 0 Å². The lowest BCUT2D eigenvalue weighted by molar-refractivity contribution is -0.00368. The molecular formula is C20H30N2O3. The molecule has 1 saturated heterocycles. The minimum atomic E-state index is -0.352. The van der Waals surface area contributed by atoms with Gasteiger partial charge in [-0.1, -0.05) is 43.2 Å². The number of nitrogens with zero attached hydrogens (tertiary/aromatic N) is 1. The van der Waals surface area contributed by atoms with E-state index in [0.29, 0.717) is 13.2 Å². The third-order valence-corrected chi connectivity index (χ3v) is 5.51. The van der Waals surface area contributed by atoms with Gasteiger partial charge in [0.05, 0.1) is 24.9 Å². The van der Waals surface area contributed by atoms with Crippen LogP contribution in [0.4, 0.5) is 4.79 Å². The van der Waals surface area contributed by atoms with Gasteiger partial charge in [-0.3, -0.25) is 0 Å². The Morgan fingerprint density at radius 3 is 2.76 bits per heavy atom. The van der Waals surface area contributed by atoms with Crippen molar-refractivity contribution < 1.29 is 14.6 Å². The summed E-state index contributed by atoms with van der Waals surface area (Å²) in [6.45, 7) is 3.77. The maximum atomic E-state index is 12.6. The molecule has 2 N–H and O–H groups in total. The minimum absolute atomic E-state index is 0.0108. The largest absolute Gasteiger partial charge is 0.393 e. The van der Waals surface area contributed by atoms with Gasteiger partial charge in [0, 0.05) is 19.0 Å². The second-order valence-electron chi connectivity index (χ2n) is 7.41. The number of urea groups is 1. The van der Waals surface area contributed by atoms with Crippen LogP contribution in [0.3, 0.4) is 0 Å². The molecule has 1 aliphatic heterocycles. The molecule has 4 atom stereocenters. The number of nitrogens with one attached hydrogen (secondary N) is 1. The Balaban J connectivity index is 1.51. The summed E-state index contributed by atoms with van der Waals surface area (Å²) in [5.74, 6) is 0.197. The lowest BCUT2D eigenvalue weighted by Crippen LogP contribution is -2.50. The van der Waals surface area contributed by atoms with Crippen LogP contribution in [-0.2, 0) is 11.3 Å². The van der Waals surface area contributed by atoms with E-state index in [1.807, 2.05) is 23.1 Å². The Bertz CT molecular complexity index is 549. The summed E-state index contributed by atoms with van der Waals surface area (Å²) in [7, 11) is 0. The molecule has 5 heteroatoms. The van der Waals surface area contributed by atoms with Crippen LogP contribution in [0.1, 0.15) is 44.6 Å². The SMILES string of the molecule is C[C@H](O)[C@@H]1CCN(C(=O)N[C@H]2CCCC[C@H]2OCc2ccccc2)C1. The van der Waals surface area contributed by atoms with Crippen molar-refractivity contribution >= 4 is 6.03 Å². The van der Waals surface area contributed by atoms with Crippen molar-refractivity contribution in [2.45, 2.75) is 63.9 Å². The highest BCUT2D eigenvalue weighted by atomic mass is 16.5. The molecule has 3 rings (SSSR count). The van der Waals surface area contributed by atoms with Gasteiger partial charge in [-0.15, -0.1) is 0 Å². The second kappa shape index (κ2) is 8.68. The quantitative estimate of drug-likeness (QED) is 0.862. The van der Waals surface area contributed by atoms with Crippen molar-refractivity contribution in [2.24, 2.45) is 5.92 Å². The normalized spacial score (nSPS) is 27.9. The van der Waals surface area contributed by atoms with Crippen LogP contribution < -0.4 is 5.32 Å². The predicted octanol–water partition coefficient (Wildman–Crippen LogP) is 2.93. The van der Waals surface area contributed by atoms with Crippen molar-refractivity contribution in [3.05, 3.63) is 35.9 Å². The zero-order valence-electron chi connectivity index (χ0n) is 15.1. The molecule has 5 nitrogen and oxygen atoms in total. The highest BCUT2D eigenvalue weighted by molar-refractivity contribution is 5.75. The Morgan fingerprint density at radius 1 is 1.28 bits per heavy atom. The number of rotatable bonds is 5. The topological polar surface area (TPSA) is 61.8 Å². The Hall–Kier alpha value is -1.59. The Labute approximate surface area is 150 Å². The summed E-state index contributed by atoms with van der Waals surface area (Å²) in [6.07, 6.45) is 4.85. The van der Waals surface area contributed by atoms with Gasteiger partial charge >= 0.3 is 6.03 Å². The number of ether oxygens (including phenoxy) is 1. The van der Waals surface area contributed by atoms with Crippen molar-refractivity contribution in [3.8, 4) is 0 Å². The highest BCUT2D eigenvalue weighted by Gasteiger charge is 2.32. The first-order valence-corrected chi connectivity index (χ1v) is 9.52. The standard InChI is InChI=1S/C20H30N2O3/c1-15(23)17-11-12-22(13-17)20(24)21-18-9-5-6-10-19(18)25-14-16-7-3-2-4-8-16/h2-4,7-8,15,17-19,23H,5-6,9-14H2,1H3,(H,21,24)/t15-,17+,18-,19+/m0/s1. The molecule has 0 aromatic heterocycles. The third kappa shape index (κ3) is 4.95. The Morgan fingerprint density at radius 2 is 2.04 bits per heavy atom. The molecule has 1 aromatic carbocycles. The molecule has 1 saturated carbocycles. The number of hydrogen-bond donors (Lipinski definition) is 2. The smallest absolute Gasteiger partial charge is 0.317 e. The molecule has 0 unspecified atom stereocenters. The number of carbonyl (C=O) groups excluding carboxylic acids is 1. The first-order chi connectivity index (χ1) is 12.1. The second-order valence-corrected chi connectivity index (χ2v) is 7.41. The van der Waals surface area contributed by atoms with Crippen molar-refractivity contribution in [1.82, 2.24) is 10.2 Å². The van der Waals surface area contributed by atoms with Crippen LogP contribution in [0.25, 0.3) is 0 Å². The van der Waals surface area contributed by atoms with E-state index in [9.17, 15) is 9.90 Å². The molecule has 25 heavy (non-hydrogen) atoms. The fraction of sp³-hybridized carbons (Fsp3) is 0.650. The monoisotopic (exact) mass is 346 g/mol. The predicted molar refractivity (Wildman–Crippen MR) is 97.2 cm³/mol. The van der Waals surface area contributed by atoms with Crippen LogP contribution in [0.15, 0.2) is 30.3 Å². The summed E-state index contributed by atoms with van der Waals surface area (Å²) < 4.78 is 6.13. The van der Waals surface area contributed by atoms with E-state index < -0.39 is 0 Å². The van der Waals surface area contributed by atoms with Crippen molar-refractivity contribution in [3.63, 3.8) is 0 Å². The van der Waals surface area contributed by atoms with Gasteiger partial charge in [0.1, 0.15) is 0 Å². The fourth-order valence-corrected chi connectivity index (χ4v) is 3.85. The van der Waals surface area contributed by atoms with Crippen LogP contribution in [0, 0.1) is 5.92 Å². The van der Waals surface area contributed by atoms with E-state index >= 15 is 0 Å². The summed E-state index contributed by atoms with van der Waals surface area (Å²) in [4.78, 5) is 14.4. The molecular weight excluding hydrogens is 316 g/mol. The van der Waals surface area contributed by atoms with Gasteiger partial charge in [-0.25, -0.2) is 4.79 Å². The average molecular weight is 346 g/mol. The molecule has 0 spiro atoms. The van der Waals surface area contributed by atoms with Gasteiger partial charge in [-0.05, 0) is 31.7 Å². The first kappa shape index (κ1) is 18.2. The van der Waals surface area contributed by atoms with Crippen LogP contribution >= 0.6 is 0 Å². The number of aliphatic hydroxyl groups excluding tert-OH is 1. The molecule has 1 heterocycles. The summed E-state index contributed by atoms with van der Waals surface area (Å²) in [6, 6.07) is 10.2. The van der Waals surface area contributed by atoms with Gasteiger partial charge in [0.15, 0.2) is 0 Å². The molecule has 2 amide bonds. The van der Waals surface area contributed by atoms with E-state index in [4.69, 9.17) is 4.74 Å². The number of benzene rings is 1. The summed E-state index contributed by atoms with van der Waals surface area (Å²) >= 11 is 0. The van der Waals surface area contributed by atoms with Crippen LogP contribution in [-0.4, -0.2) is 47.4 Å². The van der Waals surface area contributed by atoms with E-state index in [0.717, 1.165) is 44.2 Å². The summed E-state index contributed by atoms with van der Waals surface area (Å²) in [5.41, 5.74) is 1.16. The molecule has 0 bridgehead atoms. The zero-order valence-corrected chi connectivity index (χ0v) is 15.1. The molecule has 2 aliphatic rings. The molecule has 1 aromatic rings. The lowest BCUT2D eigenvalue weighted by atomic mass is 9.92. The maximum absolute atomic E-state index is 12.6. The lowest BCUT2D eigenvalue weighted by Gasteiger charge is -2.33. The molecule has 0 radical (unpaired) electrons. The number of carbonyl (C=O) groups is 1. The van der Waals surface area contributed by atoms with E-state index in [2.05, 4.69) is 17.4 Å². The average Bonchev–Trinajstić information content (AvgIpc) is 3.12. The number of amides is 2. The molecule has 138 valence electrons. The minimum Gasteiger partial charge on any atom is -0.393 e. The van der Waals surface area contributed by atoms with Gasteiger partial charge in [0.25, 0.3) is 0 Å². The molecule has 2 fully saturated rings. The van der Waals surface area contributed by atoms with E-state index in [1.54, 1.807) is 6.92 Å². The zero-order chi connectivity index (χ0) is 17.6. The van der Waals surface area contributed by atoms with E-state index in [-0.39, 0.29) is 30.2 Å². The van der Waals surface area contributed by atoms with Crippen molar-refractivity contribution in [1.29, 1.82) is 0 Å². The molecule has 1 aliphatic carbocycles. The van der Waals surface area contributed by atoms with Gasteiger partial charge in [-0.2, -0.15) is 0 Å². The van der Waals surface area contributed by atoms with E-state index in [1.165, 1.54) is 0 Å². The maximum Gasteiger partial charge on any atom is 0.317 e. The number of hydrogen-bond acceptors (Lipinski definition) is 3. The fourth-order valence-electron chi connectivity index (χ4n) is 3.85. The first-order valence-electron chi connectivity index (χ1n) is 9.52.